The van der Waals surface area contributed by atoms with Crippen LogP contribution in [-0.2, 0) is 0 Å². The average Bonchev–Trinajstić information content (AvgIpc) is 2.35. The molecule has 1 aromatic rings. The van der Waals surface area contributed by atoms with E-state index >= 15 is 0 Å². The summed E-state index contributed by atoms with van der Waals surface area (Å²) in [6.45, 7) is 2.04. The summed E-state index contributed by atoms with van der Waals surface area (Å²) in [4.78, 5) is 4.29. The maximum absolute atomic E-state index is 5.32. The van der Waals surface area contributed by atoms with Gasteiger partial charge in [0.05, 0.1) is 0 Å². The molecule has 18 heavy (non-hydrogen) atoms. The van der Waals surface area contributed by atoms with E-state index in [1.807, 2.05) is 13.0 Å². The Morgan fingerprint density at radius 2 is 2.11 bits per heavy atom. The van der Waals surface area contributed by atoms with Gasteiger partial charge in [0, 0.05) is 16.7 Å². The second kappa shape index (κ2) is 6.48. The first-order chi connectivity index (χ1) is 8.65. The van der Waals surface area contributed by atoms with Crippen LogP contribution in [0.25, 0.3) is 0 Å². The molecule has 0 atom stereocenters. The normalized spacial score (nSPS) is 16.3. The van der Waals surface area contributed by atoms with Crippen LogP contribution in [0.15, 0.2) is 16.7 Å². The van der Waals surface area contributed by atoms with Crippen molar-refractivity contribution in [1.29, 1.82) is 0 Å². The van der Waals surface area contributed by atoms with E-state index in [0.29, 0.717) is 11.2 Å². The summed E-state index contributed by atoms with van der Waals surface area (Å²) in [5, 5.41) is 7.19. The predicted molar refractivity (Wildman–Crippen MR) is 82.9 cm³/mol. The standard InChI is InChI=1S/C13H18BrN3S/c1-9-7-12(15-8-11(9)14)17-13(18)16-10-5-3-2-4-6-10/h7-8,10H,2-6H2,1H3,(H2,15,16,17,18). The molecule has 1 fully saturated rings. The van der Waals surface area contributed by atoms with Crippen LogP contribution in [0.2, 0.25) is 0 Å². The number of nitrogens with zero attached hydrogens (tertiary/aromatic N) is 1. The molecule has 0 radical (unpaired) electrons. The van der Waals surface area contributed by atoms with Gasteiger partial charge in [0.2, 0.25) is 0 Å². The number of anilines is 1. The molecule has 0 aliphatic heterocycles. The fraction of sp³-hybridized carbons (Fsp3) is 0.538. The number of hydrogen-bond donors (Lipinski definition) is 2. The number of aromatic nitrogens is 1. The molecule has 3 nitrogen and oxygen atoms in total. The molecular formula is C13H18BrN3S. The van der Waals surface area contributed by atoms with Crippen LogP contribution >= 0.6 is 28.1 Å². The molecule has 1 heterocycles. The zero-order valence-electron chi connectivity index (χ0n) is 10.5. The van der Waals surface area contributed by atoms with Crippen molar-refractivity contribution in [2.75, 3.05) is 5.32 Å². The third-order valence-electron chi connectivity index (χ3n) is 3.23. The highest BCUT2D eigenvalue weighted by Crippen LogP contribution is 2.19. The molecule has 1 aromatic heterocycles. The minimum atomic E-state index is 0.523. The van der Waals surface area contributed by atoms with Crippen LogP contribution in [0.5, 0.6) is 0 Å². The predicted octanol–water partition coefficient (Wildman–Crippen LogP) is 3.77. The van der Waals surface area contributed by atoms with E-state index in [0.717, 1.165) is 15.9 Å². The molecule has 0 spiro atoms. The Hall–Kier alpha value is -0.680. The van der Waals surface area contributed by atoms with Crippen LogP contribution in [-0.4, -0.2) is 16.1 Å². The van der Waals surface area contributed by atoms with Gasteiger partial charge in [-0.15, -0.1) is 0 Å². The molecule has 2 N–H and O–H groups in total. The van der Waals surface area contributed by atoms with Gasteiger partial charge in [-0.25, -0.2) is 4.98 Å². The molecule has 1 aliphatic carbocycles. The van der Waals surface area contributed by atoms with Crippen molar-refractivity contribution in [2.24, 2.45) is 0 Å². The van der Waals surface area contributed by atoms with Gasteiger partial charge in [-0.2, -0.15) is 0 Å². The smallest absolute Gasteiger partial charge is 0.172 e. The second-order valence-corrected chi connectivity index (χ2v) is 6.01. The van der Waals surface area contributed by atoms with E-state index in [-0.39, 0.29) is 0 Å². The van der Waals surface area contributed by atoms with Gasteiger partial charge in [-0.1, -0.05) is 19.3 Å². The lowest BCUT2D eigenvalue weighted by atomic mass is 9.96. The monoisotopic (exact) mass is 327 g/mol. The summed E-state index contributed by atoms with van der Waals surface area (Å²) in [5.74, 6) is 0.795. The van der Waals surface area contributed by atoms with Crippen LogP contribution in [0.4, 0.5) is 5.82 Å². The highest BCUT2D eigenvalue weighted by Gasteiger charge is 2.14. The maximum Gasteiger partial charge on any atom is 0.172 e. The molecule has 0 unspecified atom stereocenters. The maximum atomic E-state index is 5.32. The van der Waals surface area contributed by atoms with E-state index in [1.165, 1.54) is 32.1 Å². The number of aryl methyl sites for hydroxylation is 1. The van der Waals surface area contributed by atoms with Crippen molar-refractivity contribution in [3.05, 3.63) is 22.3 Å². The minimum absolute atomic E-state index is 0.523. The lowest BCUT2D eigenvalue weighted by Crippen LogP contribution is -2.39. The average molecular weight is 328 g/mol. The van der Waals surface area contributed by atoms with E-state index < -0.39 is 0 Å². The largest absolute Gasteiger partial charge is 0.360 e. The molecule has 5 heteroatoms. The molecule has 0 bridgehead atoms. The van der Waals surface area contributed by atoms with Crippen molar-refractivity contribution in [3.63, 3.8) is 0 Å². The fourth-order valence-electron chi connectivity index (χ4n) is 2.19. The van der Waals surface area contributed by atoms with E-state index in [9.17, 15) is 0 Å². The van der Waals surface area contributed by atoms with Crippen LogP contribution < -0.4 is 10.6 Å². The van der Waals surface area contributed by atoms with Gasteiger partial charge >= 0.3 is 0 Å². The first kappa shape index (κ1) is 13.7. The number of hydrogen-bond acceptors (Lipinski definition) is 2. The SMILES string of the molecule is Cc1cc(NC(=S)NC2CCCCC2)ncc1Br. The number of pyridine rings is 1. The highest BCUT2D eigenvalue weighted by atomic mass is 79.9. The fourth-order valence-corrected chi connectivity index (χ4v) is 2.68. The first-order valence-electron chi connectivity index (χ1n) is 6.35. The molecule has 98 valence electrons. The number of rotatable bonds is 2. The van der Waals surface area contributed by atoms with Gasteiger partial charge in [-0.3, -0.25) is 0 Å². The Kier molecular flexibility index (Phi) is 4.95. The first-order valence-corrected chi connectivity index (χ1v) is 7.55. The van der Waals surface area contributed by atoms with E-state index in [4.69, 9.17) is 12.2 Å². The summed E-state index contributed by atoms with van der Waals surface area (Å²) in [5.41, 5.74) is 1.15. The zero-order valence-corrected chi connectivity index (χ0v) is 12.9. The molecule has 0 saturated heterocycles. The lowest BCUT2D eigenvalue weighted by molar-refractivity contribution is 0.415. The number of thiocarbonyl (C=S) groups is 1. The number of halogens is 1. The third kappa shape index (κ3) is 3.92. The molecular weight excluding hydrogens is 310 g/mol. The Morgan fingerprint density at radius 3 is 2.78 bits per heavy atom. The Morgan fingerprint density at radius 1 is 1.39 bits per heavy atom. The van der Waals surface area contributed by atoms with Gasteiger partial charge < -0.3 is 10.6 Å². The minimum Gasteiger partial charge on any atom is -0.360 e. The third-order valence-corrected chi connectivity index (χ3v) is 4.28. The molecule has 1 saturated carbocycles. The second-order valence-electron chi connectivity index (χ2n) is 4.75. The van der Waals surface area contributed by atoms with Crippen molar-refractivity contribution >= 4 is 39.1 Å². The summed E-state index contributed by atoms with van der Waals surface area (Å²) >= 11 is 8.76. The quantitative estimate of drug-likeness (QED) is 0.811. The highest BCUT2D eigenvalue weighted by molar-refractivity contribution is 9.10. The van der Waals surface area contributed by atoms with E-state index in [1.54, 1.807) is 6.20 Å². The molecule has 0 aromatic carbocycles. The lowest BCUT2D eigenvalue weighted by Gasteiger charge is -2.24. The van der Waals surface area contributed by atoms with E-state index in [2.05, 4.69) is 31.5 Å². The summed E-state index contributed by atoms with van der Waals surface area (Å²) in [6.07, 6.45) is 8.18. The van der Waals surface area contributed by atoms with Gasteiger partial charge in [0.25, 0.3) is 0 Å². The van der Waals surface area contributed by atoms with Crippen molar-refractivity contribution in [2.45, 2.75) is 45.1 Å². The molecule has 0 amide bonds. The summed E-state index contributed by atoms with van der Waals surface area (Å²) in [6, 6.07) is 2.51. The van der Waals surface area contributed by atoms with Crippen LogP contribution in [0.3, 0.4) is 0 Å². The van der Waals surface area contributed by atoms with Crippen LogP contribution in [0.1, 0.15) is 37.7 Å². The van der Waals surface area contributed by atoms with Crippen LogP contribution in [0, 0.1) is 6.92 Å². The summed E-state index contributed by atoms with van der Waals surface area (Å²) in [7, 11) is 0. The Bertz CT molecular complexity index is 430. The van der Waals surface area contributed by atoms with Gasteiger partial charge in [0.1, 0.15) is 5.82 Å². The van der Waals surface area contributed by atoms with Crippen molar-refractivity contribution in [1.82, 2.24) is 10.3 Å². The Labute approximate surface area is 122 Å². The summed E-state index contributed by atoms with van der Waals surface area (Å²) < 4.78 is 1.01. The topological polar surface area (TPSA) is 37.0 Å². The Balaban J connectivity index is 1.88. The van der Waals surface area contributed by atoms with Crippen molar-refractivity contribution in [3.8, 4) is 0 Å². The zero-order chi connectivity index (χ0) is 13.0. The number of nitrogens with one attached hydrogen (secondary N) is 2. The van der Waals surface area contributed by atoms with Crippen molar-refractivity contribution < 1.29 is 0 Å². The molecule has 2 rings (SSSR count). The molecule has 1 aliphatic rings. The van der Waals surface area contributed by atoms with Gasteiger partial charge in [0.15, 0.2) is 5.11 Å². The van der Waals surface area contributed by atoms with Gasteiger partial charge in [-0.05, 0) is 59.5 Å².